The maximum Gasteiger partial charge on any atom is 0.142 e. The van der Waals surface area contributed by atoms with Crippen LogP contribution >= 0.6 is 11.5 Å². The van der Waals surface area contributed by atoms with Gasteiger partial charge in [-0.05, 0) is 62.1 Å². The molecule has 0 radical (unpaired) electrons. The van der Waals surface area contributed by atoms with E-state index in [9.17, 15) is 0 Å². The Morgan fingerprint density at radius 1 is 1.32 bits per heavy atom. The van der Waals surface area contributed by atoms with E-state index in [0.717, 1.165) is 24.8 Å². The lowest BCUT2D eigenvalue weighted by Crippen LogP contribution is -2.36. The molecule has 106 valence electrons. The van der Waals surface area contributed by atoms with Crippen molar-refractivity contribution in [2.45, 2.75) is 38.5 Å². The zero-order chi connectivity index (χ0) is 13.2. The van der Waals surface area contributed by atoms with E-state index in [4.69, 9.17) is 5.73 Å². The summed E-state index contributed by atoms with van der Waals surface area (Å²) in [5, 5.41) is 4.76. The molecule has 5 heteroatoms. The zero-order valence-corrected chi connectivity index (χ0v) is 12.5. The molecule has 0 bridgehead atoms. The van der Waals surface area contributed by atoms with Crippen molar-refractivity contribution in [3.63, 3.8) is 0 Å². The second kappa shape index (κ2) is 5.67. The highest BCUT2D eigenvalue weighted by molar-refractivity contribution is 7.10. The van der Waals surface area contributed by atoms with Gasteiger partial charge in [-0.2, -0.15) is 4.37 Å². The first kappa shape index (κ1) is 13.2. The summed E-state index contributed by atoms with van der Waals surface area (Å²) in [6.45, 7) is 7.01. The Morgan fingerprint density at radius 3 is 2.74 bits per heavy atom. The highest BCUT2D eigenvalue weighted by Crippen LogP contribution is 2.47. The van der Waals surface area contributed by atoms with Crippen LogP contribution in [0, 0.1) is 5.92 Å². The Kier molecular flexibility index (Phi) is 3.93. The summed E-state index contributed by atoms with van der Waals surface area (Å²) in [5.74, 6) is 2.34. The van der Waals surface area contributed by atoms with Crippen molar-refractivity contribution >= 4 is 22.4 Å². The molecular weight excluding hydrogens is 256 g/mol. The molecule has 1 saturated heterocycles. The van der Waals surface area contributed by atoms with Crippen molar-refractivity contribution in [3.8, 4) is 0 Å². The molecule has 1 saturated carbocycles. The third-order valence-electron chi connectivity index (χ3n) is 4.33. The summed E-state index contributed by atoms with van der Waals surface area (Å²) in [6, 6.07) is 0. The molecule has 4 nitrogen and oxygen atoms in total. The van der Waals surface area contributed by atoms with E-state index in [0.29, 0.717) is 5.92 Å². The summed E-state index contributed by atoms with van der Waals surface area (Å²) < 4.78 is 4.30. The van der Waals surface area contributed by atoms with Gasteiger partial charge in [0.2, 0.25) is 0 Å². The van der Waals surface area contributed by atoms with Crippen LogP contribution in [0.4, 0.5) is 10.8 Å². The fourth-order valence-electron chi connectivity index (χ4n) is 2.82. The third-order valence-corrected chi connectivity index (χ3v) is 5.17. The first-order chi connectivity index (χ1) is 9.24. The van der Waals surface area contributed by atoms with E-state index < -0.39 is 0 Å². The smallest absolute Gasteiger partial charge is 0.142 e. The highest BCUT2D eigenvalue weighted by atomic mass is 32.1. The predicted octanol–water partition coefficient (Wildman–Crippen LogP) is 2.75. The number of anilines is 2. The van der Waals surface area contributed by atoms with Crippen LogP contribution in [0.25, 0.3) is 0 Å². The van der Waals surface area contributed by atoms with Gasteiger partial charge in [0.1, 0.15) is 10.8 Å². The summed E-state index contributed by atoms with van der Waals surface area (Å²) in [5.41, 5.74) is 7.25. The minimum Gasteiger partial charge on any atom is -0.383 e. The molecule has 3 N–H and O–H groups in total. The molecule has 1 aliphatic carbocycles. The minimum absolute atomic E-state index is 0.678. The molecule has 19 heavy (non-hydrogen) atoms. The van der Waals surface area contributed by atoms with Gasteiger partial charge in [0.05, 0.1) is 0 Å². The Labute approximate surface area is 119 Å². The van der Waals surface area contributed by atoms with Gasteiger partial charge in [-0.1, -0.05) is 6.92 Å². The van der Waals surface area contributed by atoms with Crippen LogP contribution in [0.2, 0.25) is 0 Å². The summed E-state index contributed by atoms with van der Waals surface area (Å²) in [4.78, 5) is 2.56. The first-order valence-corrected chi connectivity index (χ1v) is 8.22. The summed E-state index contributed by atoms with van der Waals surface area (Å²) in [7, 11) is 0. The average molecular weight is 280 g/mol. The van der Waals surface area contributed by atoms with Crippen molar-refractivity contribution in [2.24, 2.45) is 5.92 Å². The van der Waals surface area contributed by atoms with Crippen molar-refractivity contribution in [3.05, 3.63) is 5.56 Å². The van der Waals surface area contributed by atoms with Crippen LogP contribution in [-0.4, -0.2) is 35.5 Å². The number of hydrogen-bond acceptors (Lipinski definition) is 5. The number of nitrogen functional groups attached to an aromatic ring is 1. The van der Waals surface area contributed by atoms with Gasteiger partial charge in [0, 0.05) is 18.7 Å². The van der Waals surface area contributed by atoms with Crippen molar-refractivity contribution in [1.29, 1.82) is 0 Å². The average Bonchev–Trinajstić information content (AvgIpc) is 3.17. The van der Waals surface area contributed by atoms with Crippen LogP contribution in [-0.2, 0) is 0 Å². The topological polar surface area (TPSA) is 54.2 Å². The predicted molar refractivity (Wildman–Crippen MR) is 81.8 cm³/mol. The Morgan fingerprint density at radius 2 is 2.05 bits per heavy atom. The van der Waals surface area contributed by atoms with E-state index in [2.05, 4.69) is 21.5 Å². The quantitative estimate of drug-likeness (QED) is 0.871. The molecule has 3 rings (SSSR count). The van der Waals surface area contributed by atoms with Gasteiger partial charge in [0.25, 0.3) is 0 Å². The molecule has 1 aromatic heterocycles. The Balaban J connectivity index is 1.47. The maximum atomic E-state index is 5.96. The number of nitrogens with two attached hydrogens (primary N) is 1. The Hall–Kier alpha value is -0.810. The number of piperidine rings is 1. The van der Waals surface area contributed by atoms with Gasteiger partial charge in [-0.15, -0.1) is 0 Å². The highest BCUT2D eigenvalue weighted by Gasteiger charge is 2.30. The normalized spacial score (nSPS) is 21.7. The Bertz CT molecular complexity index is 419. The van der Waals surface area contributed by atoms with Gasteiger partial charge >= 0.3 is 0 Å². The van der Waals surface area contributed by atoms with Gasteiger partial charge in [0.15, 0.2) is 0 Å². The van der Waals surface area contributed by atoms with Crippen LogP contribution in [0.5, 0.6) is 0 Å². The van der Waals surface area contributed by atoms with E-state index >= 15 is 0 Å². The van der Waals surface area contributed by atoms with Crippen molar-refractivity contribution in [1.82, 2.24) is 9.27 Å². The second-order valence-corrected chi connectivity index (χ2v) is 6.81. The number of aromatic nitrogens is 1. The molecule has 0 unspecified atom stereocenters. The molecule has 0 atom stereocenters. The summed E-state index contributed by atoms with van der Waals surface area (Å²) >= 11 is 1.53. The molecule has 2 fully saturated rings. The SMILES string of the molecule is CC1CCN(CCNc2snc(N)c2C2CC2)CC1. The fraction of sp³-hybridized carbons (Fsp3) is 0.786. The van der Waals surface area contributed by atoms with E-state index in [1.54, 1.807) is 0 Å². The van der Waals surface area contributed by atoms with E-state index in [1.165, 1.54) is 60.9 Å². The largest absolute Gasteiger partial charge is 0.383 e. The maximum absolute atomic E-state index is 5.96. The molecule has 1 aromatic rings. The van der Waals surface area contributed by atoms with Crippen molar-refractivity contribution in [2.75, 3.05) is 37.2 Å². The summed E-state index contributed by atoms with van der Waals surface area (Å²) in [6.07, 6.45) is 5.25. The standard InChI is InChI=1S/C14H24N4S/c1-10-4-7-18(8-5-10)9-6-16-14-12(11-2-3-11)13(15)17-19-14/h10-11,16H,2-9H2,1H3,(H2,15,17). The number of hydrogen-bond donors (Lipinski definition) is 2. The van der Waals surface area contributed by atoms with E-state index in [1.807, 2.05) is 0 Å². The van der Waals surface area contributed by atoms with Gasteiger partial charge < -0.3 is 16.0 Å². The number of nitrogens with zero attached hydrogens (tertiary/aromatic N) is 2. The zero-order valence-electron chi connectivity index (χ0n) is 11.7. The lowest BCUT2D eigenvalue weighted by atomic mass is 9.99. The van der Waals surface area contributed by atoms with Gasteiger partial charge in [-0.3, -0.25) is 0 Å². The lowest BCUT2D eigenvalue weighted by Gasteiger charge is -2.30. The fourth-order valence-corrected chi connectivity index (χ4v) is 3.64. The van der Waals surface area contributed by atoms with Crippen LogP contribution in [0.3, 0.4) is 0 Å². The molecule has 0 aromatic carbocycles. The number of nitrogens with one attached hydrogen (secondary N) is 1. The monoisotopic (exact) mass is 280 g/mol. The van der Waals surface area contributed by atoms with Gasteiger partial charge in [-0.25, -0.2) is 0 Å². The second-order valence-electron chi connectivity index (χ2n) is 6.04. The third kappa shape index (κ3) is 3.20. The molecular formula is C14H24N4S. The number of rotatable bonds is 5. The van der Waals surface area contributed by atoms with Crippen LogP contribution in [0.1, 0.15) is 44.1 Å². The minimum atomic E-state index is 0.678. The van der Waals surface area contributed by atoms with E-state index in [-0.39, 0.29) is 0 Å². The molecule has 2 aliphatic rings. The van der Waals surface area contributed by atoms with Crippen LogP contribution < -0.4 is 11.1 Å². The van der Waals surface area contributed by atoms with Crippen LogP contribution in [0.15, 0.2) is 0 Å². The molecule has 0 spiro atoms. The molecule has 1 aliphatic heterocycles. The molecule has 2 heterocycles. The lowest BCUT2D eigenvalue weighted by molar-refractivity contribution is 0.199. The number of likely N-dealkylation sites (tertiary alicyclic amines) is 1. The molecule has 0 amide bonds. The first-order valence-electron chi connectivity index (χ1n) is 7.45. The van der Waals surface area contributed by atoms with Crippen molar-refractivity contribution < 1.29 is 0 Å².